The second-order valence-corrected chi connectivity index (χ2v) is 7.06. The Morgan fingerprint density at radius 1 is 0.842 bits per heavy atom. The third kappa shape index (κ3) is 4.48. The van der Waals surface area contributed by atoms with E-state index in [9.17, 15) is 0 Å². The van der Waals surface area contributed by atoms with Crippen LogP contribution < -0.4 is 5.32 Å². The Morgan fingerprint density at radius 2 is 1.58 bits per heavy atom. The van der Waals surface area contributed by atoms with Gasteiger partial charge in [-0.1, -0.05) is 52.4 Å². The van der Waals surface area contributed by atoms with E-state index in [1.807, 2.05) is 0 Å². The van der Waals surface area contributed by atoms with E-state index in [-0.39, 0.29) is 0 Å². The normalized spacial score (nSPS) is 36.9. The molecule has 0 saturated heterocycles. The van der Waals surface area contributed by atoms with Gasteiger partial charge in [0.1, 0.15) is 0 Å². The van der Waals surface area contributed by atoms with Crippen LogP contribution in [0.5, 0.6) is 0 Å². The van der Waals surface area contributed by atoms with Crippen molar-refractivity contribution in [1.29, 1.82) is 0 Å². The van der Waals surface area contributed by atoms with Crippen molar-refractivity contribution in [3.8, 4) is 0 Å². The minimum atomic E-state index is 0.977. The van der Waals surface area contributed by atoms with E-state index >= 15 is 0 Å². The molecule has 2 unspecified atom stereocenters. The summed E-state index contributed by atoms with van der Waals surface area (Å²) in [5, 5.41) is 3.63. The van der Waals surface area contributed by atoms with Crippen molar-refractivity contribution in [2.75, 3.05) is 13.1 Å². The summed E-state index contributed by atoms with van der Waals surface area (Å²) in [4.78, 5) is 0. The average molecular weight is 265 g/mol. The van der Waals surface area contributed by atoms with Gasteiger partial charge in [-0.15, -0.1) is 0 Å². The molecule has 0 bridgehead atoms. The molecule has 0 radical (unpaired) electrons. The Morgan fingerprint density at radius 3 is 2.26 bits per heavy atom. The molecule has 2 fully saturated rings. The van der Waals surface area contributed by atoms with Crippen molar-refractivity contribution in [3.63, 3.8) is 0 Å². The van der Waals surface area contributed by atoms with Gasteiger partial charge in [0, 0.05) is 0 Å². The molecule has 1 N–H and O–H groups in total. The van der Waals surface area contributed by atoms with E-state index in [1.54, 1.807) is 0 Å². The Hall–Kier alpha value is -0.0400. The predicted molar refractivity (Wildman–Crippen MR) is 84.3 cm³/mol. The SMILES string of the molecule is CCNCC1CCCCCC1C1CCC(CC)CC1. The van der Waals surface area contributed by atoms with Crippen molar-refractivity contribution >= 4 is 0 Å². The van der Waals surface area contributed by atoms with Gasteiger partial charge in [-0.05, 0) is 62.4 Å². The molecule has 0 heterocycles. The molecule has 2 aliphatic rings. The van der Waals surface area contributed by atoms with Crippen LogP contribution >= 0.6 is 0 Å². The van der Waals surface area contributed by atoms with Crippen molar-refractivity contribution in [3.05, 3.63) is 0 Å². The molecule has 0 aromatic carbocycles. The summed E-state index contributed by atoms with van der Waals surface area (Å²) in [5.74, 6) is 4.13. The van der Waals surface area contributed by atoms with Crippen LogP contribution in [0.1, 0.15) is 78.1 Å². The molecule has 19 heavy (non-hydrogen) atoms. The highest BCUT2D eigenvalue weighted by Gasteiger charge is 2.32. The van der Waals surface area contributed by atoms with Crippen LogP contribution in [-0.2, 0) is 0 Å². The van der Waals surface area contributed by atoms with E-state index in [0.29, 0.717) is 0 Å². The number of rotatable bonds is 5. The molecular formula is C18H35N. The average Bonchev–Trinajstić information content (AvgIpc) is 2.70. The summed E-state index contributed by atoms with van der Waals surface area (Å²) < 4.78 is 0. The quantitative estimate of drug-likeness (QED) is 0.689. The zero-order chi connectivity index (χ0) is 13.5. The molecule has 2 aliphatic carbocycles. The fourth-order valence-corrected chi connectivity index (χ4v) is 4.64. The molecule has 0 spiro atoms. The van der Waals surface area contributed by atoms with E-state index in [1.165, 1.54) is 70.8 Å². The maximum absolute atomic E-state index is 3.63. The van der Waals surface area contributed by atoms with Crippen molar-refractivity contribution in [2.45, 2.75) is 78.1 Å². The Labute approximate surface area is 120 Å². The first kappa shape index (κ1) is 15.4. The van der Waals surface area contributed by atoms with Crippen LogP contribution in [-0.4, -0.2) is 13.1 Å². The van der Waals surface area contributed by atoms with Gasteiger partial charge in [0.05, 0.1) is 0 Å². The molecule has 2 atom stereocenters. The number of hydrogen-bond acceptors (Lipinski definition) is 1. The van der Waals surface area contributed by atoms with E-state index in [0.717, 1.165) is 30.2 Å². The molecule has 0 amide bonds. The highest BCUT2D eigenvalue weighted by atomic mass is 14.8. The van der Waals surface area contributed by atoms with Crippen LogP contribution in [0.2, 0.25) is 0 Å². The zero-order valence-electron chi connectivity index (χ0n) is 13.3. The largest absolute Gasteiger partial charge is 0.317 e. The van der Waals surface area contributed by atoms with Gasteiger partial charge < -0.3 is 5.32 Å². The minimum absolute atomic E-state index is 0.977. The van der Waals surface area contributed by atoms with Gasteiger partial charge in [0.25, 0.3) is 0 Å². The fourth-order valence-electron chi connectivity index (χ4n) is 4.64. The Bertz CT molecular complexity index is 230. The fraction of sp³-hybridized carbons (Fsp3) is 1.00. The highest BCUT2D eigenvalue weighted by Crippen LogP contribution is 2.42. The maximum Gasteiger partial charge on any atom is -0.00179 e. The number of nitrogens with one attached hydrogen (secondary N) is 1. The van der Waals surface area contributed by atoms with Crippen LogP contribution in [0.3, 0.4) is 0 Å². The lowest BCUT2D eigenvalue weighted by Gasteiger charge is -2.37. The minimum Gasteiger partial charge on any atom is -0.317 e. The predicted octanol–water partition coefficient (Wildman–Crippen LogP) is 5.01. The Kier molecular flexibility index (Phi) is 6.70. The third-order valence-electron chi connectivity index (χ3n) is 5.95. The third-order valence-corrected chi connectivity index (χ3v) is 5.95. The molecule has 0 aromatic heterocycles. The van der Waals surface area contributed by atoms with Gasteiger partial charge in [-0.2, -0.15) is 0 Å². The summed E-state index contributed by atoms with van der Waals surface area (Å²) in [7, 11) is 0. The summed E-state index contributed by atoms with van der Waals surface area (Å²) >= 11 is 0. The van der Waals surface area contributed by atoms with Gasteiger partial charge in [-0.25, -0.2) is 0 Å². The summed E-state index contributed by atoms with van der Waals surface area (Å²) in [5.41, 5.74) is 0. The molecule has 0 aromatic rings. The van der Waals surface area contributed by atoms with E-state index in [4.69, 9.17) is 0 Å². The molecule has 1 heteroatoms. The maximum atomic E-state index is 3.63. The summed E-state index contributed by atoms with van der Waals surface area (Å²) in [6.45, 7) is 7.06. The lowest BCUT2D eigenvalue weighted by molar-refractivity contribution is 0.141. The molecular weight excluding hydrogens is 230 g/mol. The topological polar surface area (TPSA) is 12.0 Å². The van der Waals surface area contributed by atoms with Crippen LogP contribution in [0.15, 0.2) is 0 Å². The van der Waals surface area contributed by atoms with Gasteiger partial charge in [0.15, 0.2) is 0 Å². The lowest BCUT2D eigenvalue weighted by atomic mass is 9.69. The monoisotopic (exact) mass is 265 g/mol. The summed E-state index contributed by atoms with van der Waals surface area (Å²) in [6.07, 6.45) is 15.0. The molecule has 0 aliphatic heterocycles. The Balaban J connectivity index is 1.89. The van der Waals surface area contributed by atoms with Crippen LogP contribution in [0.25, 0.3) is 0 Å². The summed E-state index contributed by atoms with van der Waals surface area (Å²) in [6, 6.07) is 0. The molecule has 2 rings (SSSR count). The van der Waals surface area contributed by atoms with Gasteiger partial charge in [-0.3, -0.25) is 0 Å². The first-order chi connectivity index (χ1) is 9.35. The zero-order valence-corrected chi connectivity index (χ0v) is 13.3. The standard InChI is InChI=1S/C18H35N/c1-3-15-10-12-16(13-11-15)18-9-7-5-6-8-17(18)14-19-4-2/h15-19H,3-14H2,1-2H3. The van der Waals surface area contributed by atoms with E-state index < -0.39 is 0 Å². The number of hydrogen-bond donors (Lipinski definition) is 1. The van der Waals surface area contributed by atoms with Crippen molar-refractivity contribution < 1.29 is 0 Å². The van der Waals surface area contributed by atoms with Crippen molar-refractivity contribution in [2.24, 2.45) is 23.7 Å². The first-order valence-corrected chi connectivity index (χ1v) is 9.05. The molecule has 1 nitrogen and oxygen atoms in total. The highest BCUT2D eigenvalue weighted by molar-refractivity contribution is 4.84. The van der Waals surface area contributed by atoms with Crippen LogP contribution in [0.4, 0.5) is 0 Å². The van der Waals surface area contributed by atoms with Crippen LogP contribution in [0, 0.1) is 23.7 Å². The van der Waals surface area contributed by atoms with Gasteiger partial charge in [0.2, 0.25) is 0 Å². The molecule has 2 saturated carbocycles. The smallest absolute Gasteiger partial charge is 0.00179 e. The van der Waals surface area contributed by atoms with E-state index in [2.05, 4.69) is 19.2 Å². The second kappa shape index (κ2) is 8.29. The van der Waals surface area contributed by atoms with Crippen molar-refractivity contribution in [1.82, 2.24) is 5.32 Å². The molecule has 112 valence electrons. The van der Waals surface area contributed by atoms with Gasteiger partial charge >= 0.3 is 0 Å². The second-order valence-electron chi connectivity index (χ2n) is 7.06. The first-order valence-electron chi connectivity index (χ1n) is 9.05. The lowest BCUT2D eigenvalue weighted by Crippen LogP contribution is -2.33.